The van der Waals surface area contributed by atoms with E-state index in [1.165, 1.54) is 23.1 Å². The summed E-state index contributed by atoms with van der Waals surface area (Å²) in [5.74, 6) is -0.670. The molecule has 1 atom stereocenters. The fourth-order valence-corrected chi connectivity index (χ4v) is 4.28. The SMILES string of the molecule is Cn1nncc1-c1cn(C(CCOC(F)F)c2ccc(-c3c(-n4cc(Cl)nn4)ccc(Cl)c3F)cn2)cn1. The van der Waals surface area contributed by atoms with E-state index < -0.39 is 18.5 Å². The van der Waals surface area contributed by atoms with Gasteiger partial charge in [-0.1, -0.05) is 39.7 Å². The number of nitrogens with zero attached hydrogens (tertiary/aromatic N) is 9. The van der Waals surface area contributed by atoms with Crippen molar-refractivity contribution in [3.63, 3.8) is 0 Å². The summed E-state index contributed by atoms with van der Waals surface area (Å²) < 4.78 is 49.7. The van der Waals surface area contributed by atoms with Crippen molar-refractivity contribution >= 4 is 23.2 Å². The molecule has 15 heteroatoms. The van der Waals surface area contributed by atoms with Crippen molar-refractivity contribution < 1.29 is 17.9 Å². The van der Waals surface area contributed by atoms with E-state index in [0.717, 1.165) is 0 Å². The second-order valence-corrected chi connectivity index (χ2v) is 8.89. The molecule has 0 saturated carbocycles. The summed E-state index contributed by atoms with van der Waals surface area (Å²) in [4.78, 5) is 8.92. The van der Waals surface area contributed by atoms with Crippen LogP contribution in [0.1, 0.15) is 18.2 Å². The highest BCUT2D eigenvalue weighted by molar-refractivity contribution is 6.31. The Morgan fingerprint density at radius 1 is 1.03 bits per heavy atom. The largest absolute Gasteiger partial charge is 0.345 e. The molecule has 0 saturated heterocycles. The van der Waals surface area contributed by atoms with Crippen LogP contribution in [0.4, 0.5) is 13.2 Å². The number of hydrogen-bond acceptors (Lipinski definition) is 7. The van der Waals surface area contributed by atoms with Crippen LogP contribution in [0.15, 0.2) is 55.4 Å². The Morgan fingerprint density at radius 2 is 1.87 bits per heavy atom. The lowest BCUT2D eigenvalue weighted by atomic mass is 10.0. The molecule has 0 amide bonds. The van der Waals surface area contributed by atoms with E-state index in [0.29, 0.717) is 28.3 Å². The molecule has 0 spiro atoms. The fraction of sp³-hybridized carbons (Fsp3) is 0.217. The molecular formula is C23H18Cl2F3N9O. The first-order chi connectivity index (χ1) is 18.3. The number of ether oxygens (including phenoxy) is 1. The highest BCUT2D eigenvalue weighted by Gasteiger charge is 2.21. The van der Waals surface area contributed by atoms with Crippen molar-refractivity contribution in [2.45, 2.75) is 19.1 Å². The molecule has 0 fully saturated rings. The zero-order valence-electron chi connectivity index (χ0n) is 19.6. The third-order valence-corrected chi connectivity index (χ3v) is 6.24. The lowest BCUT2D eigenvalue weighted by Gasteiger charge is -2.19. The van der Waals surface area contributed by atoms with Crippen LogP contribution in [0, 0.1) is 5.82 Å². The zero-order valence-corrected chi connectivity index (χ0v) is 21.1. The summed E-state index contributed by atoms with van der Waals surface area (Å²) in [7, 11) is 1.73. The van der Waals surface area contributed by atoms with Crippen molar-refractivity contribution in [2.75, 3.05) is 6.61 Å². The van der Waals surface area contributed by atoms with Crippen LogP contribution in [-0.4, -0.2) is 57.7 Å². The summed E-state index contributed by atoms with van der Waals surface area (Å²) in [6.07, 6.45) is 7.94. The Bertz CT molecular complexity index is 1550. The molecule has 10 nitrogen and oxygen atoms in total. The molecule has 1 unspecified atom stereocenters. The maximum Gasteiger partial charge on any atom is 0.345 e. The summed E-state index contributed by atoms with van der Waals surface area (Å²) >= 11 is 12.0. The van der Waals surface area contributed by atoms with E-state index in [-0.39, 0.29) is 28.8 Å². The van der Waals surface area contributed by atoms with E-state index in [4.69, 9.17) is 23.2 Å². The molecule has 4 heterocycles. The number of halogens is 5. The number of hydrogen-bond donors (Lipinski definition) is 0. The molecule has 38 heavy (non-hydrogen) atoms. The van der Waals surface area contributed by atoms with Crippen LogP contribution < -0.4 is 0 Å². The normalized spacial score (nSPS) is 12.4. The maximum absolute atomic E-state index is 15.2. The van der Waals surface area contributed by atoms with Crippen LogP contribution >= 0.6 is 23.2 Å². The average molecular weight is 564 g/mol. The Morgan fingerprint density at radius 3 is 2.53 bits per heavy atom. The van der Waals surface area contributed by atoms with Crippen LogP contribution in [0.5, 0.6) is 0 Å². The minimum atomic E-state index is -2.90. The predicted molar refractivity (Wildman–Crippen MR) is 132 cm³/mol. The molecule has 4 aromatic heterocycles. The van der Waals surface area contributed by atoms with Gasteiger partial charge in [-0.15, -0.1) is 10.2 Å². The zero-order chi connectivity index (χ0) is 26.8. The van der Waals surface area contributed by atoms with Gasteiger partial charge in [0, 0.05) is 30.6 Å². The Balaban J connectivity index is 1.51. The molecule has 0 aliphatic carbocycles. The van der Waals surface area contributed by atoms with Gasteiger partial charge in [-0.2, -0.15) is 8.78 Å². The number of pyridine rings is 1. The molecule has 0 aliphatic rings. The lowest BCUT2D eigenvalue weighted by Crippen LogP contribution is -2.14. The van der Waals surface area contributed by atoms with Crippen molar-refractivity contribution in [3.8, 4) is 28.2 Å². The smallest absolute Gasteiger partial charge is 0.328 e. The van der Waals surface area contributed by atoms with Gasteiger partial charge in [0.2, 0.25) is 0 Å². The monoisotopic (exact) mass is 563 g/mol. The number of rotatable bonds is 9. The van der Waals surface area contributed by atoms with Gasteiger partial charge in [0.1, 0.15) is 11.4 Å². The number of alkyl halides is 2. The molecule has 0 bridgehead atoms. The highest BCUT2D eigenvalue weighted by atomic mass is 35.5. The van der Waals surface area contributed by atoms with Crippen molar-refractivity contribution in [3.05, 3.63) is 77.1 Å². The first-order valence-electron chi connectivity index (χ1n) is 11.1. The van der Waals surface area contributed by atoms with Gasteiger partial charge < -0.3 is 9.30 Å². The maximum atomic E-state index is 15.2. The summed E-state index contributed by atoms with van der Waals surface area (Å²) in [5.41, 5.74) is 2.69. The van der Waals surface area contributed by atoms with Crippen molar-refractivity contribution in [1.82, 2.24) is 44.5 Å². The van der Waals surface area contributed by atoms with Crippen LogP contribution in [-0.2, 0) is 11.8 Å². The van der Waals surface area contributed by atoms with Gasteiger partial charge in [0.05, 0.1) is 47.8 Å². The van der Waals surface area contributed by atoms with E-state index >= 15 is 4.39 Å². The van der Waals surface area contributed by atoms with Crippen LogP contribution in [0.25, 0.3) is 28.2 Å². The number of imidazole rings is 1. The number of benzene rings is 1. The molecule has 5 aromatic rings. The van der Waals surface area contributed by atoms with Crippen molar-refractivity contribution in [2.24, 2.45) is 7.05 Å². The molecular weight excluding hydrogens is 546 g/mol. The molecule has 0 radical (unpaired) electrons. The minimum absolute atomic E-state index is 0.0864. The molecule has 5 rings (SSSR count). The highest BCUT2D eigenvalue weighted by Crippen LogP contribution is 2.34. The molecule has 0 aliphatic heterocycles. The Labute approximate surface area is 223 Å². The third-order valence-electron chi connectivity index (χ3n) is 5.77. The van der Waals surface area contributed by atoms with Gasteiger partial charge in [-0.05, 0) is 24.6 Å². The van der Waals surface area contributed by atoms with Gasteiger partial charge in [-0.3, -0.25) is 4.98 Å². The number of aryl methyl sites for hydroxylation is 1. The second kappa shape index (κ2) is 10.9. The average Bonchev–Trinajstić information content (AvgIpc) is 3.65. The Hall–Kier alpha value is -3.81. The molecule has 196 valence electrons. The second-order valence-electron chi connectivity index (χ2n) is 8.10. The third kappa shape index (κ3) is 5.26. The summed E-state index contributed by atoms with van der Waals surface area (Å²) in [5, 5.41) is 15.5. The fourth-order valence-electron chi connectivity index (χ4n) is 4.00. The minimum Gasteiger partial charge on any atom is -0.328 e. The van der Waals surface area contributed by atoms with Gasteiger partial charge >= 0.3 is 6.61 Å². The van der Waals surface area contributed by atoms with Gasteiger partial charge in [-0.25, -0.2) is 18.7 Å². The van der Waals surface area contributed by atoms with Crippen molar-refractivity contribution in [1.29, 1.82) is 0 Å². The van der Waals surface area contributed by atoms with E-state index in [1.54, 1.807) is 53.2 Å². The first-order valence-corrected chi connectivity index (χ1v) is 11.9. The summed E-state index contributed by atoms with van der Waals surface area (Å²) in [6, 6.07) is 5.81. The molecule has 0 N–H and O–H groups in total. The molecule has 1 aromatic carbocycles. The van der Waals surface area contributed by atoms with Crippen LogP contribution in [0.3, 0.4) is 0 Å². The number of aromatic nitrogens is 9. The van der Waals surface area contributed by atoms with Gasteiger partial charge in [0.15, 0.2) is 11.0 Å². The first kappa shape index (κ1) is 25.8. The van der Waals surface area contributed by atoms with E-state index in [2.05, 4.69) is 35.3 Å². The quantitative estimate of drug-likeness (QED) is 0.249. The Kier molecular flexibility index (Phi) is 7.40. The topological polar surface area (TPSA) is 101 Å². The van der Waals surface area contributed by atoms with Gasteiger partial charge in [0.25, 0.3) is 0 Å². The van der Waals surface area contributed by atoms with E-state index in [9.17, 15) is 8.78 Å². The van der Waals surface area contributed by atoms with Crippen LogP contribution in [0.2, 0.25) is 10.2 Å². The lowest BCUT2D eigenvalue weighted by molar-refractivity contribution is -0.130. The summed E-state index contributed by atoms with van der Waals surface area (Å²) in [6.45, 7) is -3.13. The predicted octanol–water partition coefficient (Wildman–Crippen LogP) is 4.99. The van der Waals surface area contributed by atoms with E-state index in [1.807, 2.05) is 0 Å². The standard InChI is InChI=1S/C23H18Cl2F3N9O/c1-35-19(9-31-33-35)16-10-36(12-30-16)17(6-7-38-23(27)28)15-4-2-13(8-29-15)21-18(5-3-14(24)22(21)26)37-11-20(25)32-34-37/h2-5,8-12,17,23H,6-7H2,1H3.